The van der Waals surface area contributed by atoms with Gasteiger partial charge < -0.3 is 19.9 Å². The quantitative estimate of drug-likeness (QED) is 0.804. The van der Waals surface area contributed by atoms with Crippen molar-refractivity contribution >= 4 is 18.4 Å². The Morgan fingerprint density at radius 2 is 2.12 bits per heavy atom. The summed E-state index contributed by atoms with van der Waals surface area (Å²) in [6, 6.07) is 4.43. The van der Waals surface area contributed by atoms with Crippen LogP contribution in [0.25, 0.3) is 0 Å². The third-order valence-corrected chi connectivity index (χ3v) is 2.39. The van der Waals surface area contributed by atoms with Crippen LogP contribution in [0.4, 0.5) is 0 Å². The summed E-state index contributed by atoms with van der Waals surface area (Å²) in [4.78, 5) is 11.4. The lowest BCUT2D eigenvalue weighted by molar-refractivity contribution is -0.142. The van der Waals surface area contributed by atoms with E-state index in [1.807, 2.05) is 0 Å². The zero-order chi connectivity index (χ0) is 11.5. The normalized spacial score (nSPS) is 14.5. The predicted octanol–water partition coefficient (Wildman–Crippen LogP) is 1.05. The summed E-state index contributed by atoms with van der Waals surface area (Å²) in [6.45, 7) is 0.960. The largest absolute Gasteiger partial charge is 0.486 e. The van der Waals surface area contributed by atoms with Crippen LogP contribution in [-0.4, -0.2) is 26.3 Å². The van der Waals surface area contributed by atoms with Crippen molar-refractivity contribution in [3.8, 4) is 11.5 Å². The number of fused-ring (bicyclic) bond motifs is 1. The van der Waals surface area contributed by atoms with Gasteiger partial charge in [0.05, 0.1) is 7.11 Å². The fourth-order valence-electron chi connectivity index (χ4n) is 1.60. The molecule has 0 fully saturated rings. The molecule has 0 aliphatic carbocycles. The third-order valence-electron chi connectivity index (χ3n) is 2.39. The van der Waals surface area contributed by atoms with Crippen molar-refractivity contribution in [1.29, 1.82) is 0 Å². The fraction of sp³-hybridized carbons (Fsp3) is 0.364. The van der Waals surface area contributed by atoms with Gasteiger partial charge in [0.2, 0.25) is 0 Å². The highest BCUT2D eigenvalue weighted by Crippen LogP contribution is 2.36. The van der Waals surface area contributed by atoms with Gasteiger partial charge in [-0.2, -0.15) is 0 Å². The number of nitrogens with two attached hydrogens (primary N) is 1. The Kier molecular flexibility index (Phi) is 4.60. The Labute approximate surface area is 105 Å². The maximum absolute atomic E-state index is 11.4. The molecule has 1 aliphatic heterocycles. The van der Waals surface area contributed by atoms with Gasteiger partial charge in [-0.25, -0.2) is 0 Å². The number of halogens is 1. The fourth-order valence-corrected chi connectivity index (χ4v) is 1.60. The van der Waals surface area contributed by atoms with Gasteiger partial charge in [0.1, 0.15) is 19.3 Å². The maximum Gasteiger partial charge on any atom is 0.327 e. The van der Waals surface area contributed by atoms with Gasteiger partial charge in [0.15, 0.2) is 11.5 Å². The molecule has 2 N–H and O–H groups in total. The summed E-state index contributed by atoms with van der Waals surface area (Å²) in [5.41, 5.74) is 6.35. The number of rotatable bonds is 2. The Morgan fingerprint density at radius 3 is 2.82 bits per heavy atom. The van der Waals surface area contributed by atoms with Crippen molar-refractivity contribution < 1.29 is 19.0 Å². The van der Waals surface area contributed by atoms with Crippen LogP contribution in [-0.2, 0) is 9.53 Å². The minimum Gasteiger partial charge on any atom is -0.486 e. The molecule has 0 amide bonds. The van der Waals surface area contributed by atoms with E-state index in [4.69, 9.17) is 15.2 Å². The van der Waals surface area contributed by atoms with Crippen LogP contribution >= 0.6 is 12.4 Å². The molecule has 0 aromatic heterocycles. The Hall–Kier alpha value is -1.46. The standard InChI is InChI=1S/C11H13NO4.ClH/c1-14-11(13)9(12)7-3-2-4-8-10(7)16-6-5-15-8;/h2-4,9H,5-6,12H2,1H3;1H/t9-;/m0./s1. The zero-order valence-corrected chi connectivity index (χ0v) is 10.2. The average molecular weight is 260 g/mol. The summed E-state index contributed by atoms with van der Waals surface area (Å²) in [5.74, 6) is 0.650. The summed E-state index contributed by atoms with van der Waals surface area (Å²) in [5, 5.41) is 0. The number of carbonyl (C=O) groups is 1. The molecule has 6 heteroatoms. The molecule has 1 aromatic rings. The molecule has 17 heavy (non-hydrogen) atoms. The molecule has 2 rings (SSSR count). The second-order valence-electron chi connectivity index (χ2n) is 3.37. The molecular weight excluding hydrogens is 246 g/mol. The van der Waals surface area contributed by atoms with Gasteiger partial charge in [-0.1, -0.05) is 12.1 Å². The number of esters is 1. The van der Waals surface area contributed by atoms with Crippen LogP contribution in [0.3, 0.4) is 0 Å². The van der Waals surface area contributed by atoms with Gasteiger partial charge in [-0.15, -0.1) is 12.4 Å². The molecule has 0 saturated carbocycles. The summed E-state index contributed by atoms with van der Waals surface area (Å²) in [7, 11) is 1.30. The first-order valence-electron chi connectivity index (χ1n) is 4.96. The Bertz CT molecular complexity index is 410. The van der Waals surface area contributed by atoms with E-state index < -0.39 is 12.0 Å². The van der Waals surface area contributed by atoms with Crippen molar-refractivity contribution in [2.45, 2.75) is 6.04 Å². The van der Waals surface area contributed by atoms with Crippen molar-refractivity contribution in [2.24, 2.45) is 5.73 Å². The Morgan fingerprint density at radius 1 is 1.41 bits per heavy atom. The summed E-state index contributed by atoms with van der Waals surface area (Å²) >= 11 is 0. The van der Waals surface area contributed by atoms with E-state index in [1.54, 1.807) is 18.2 Å². The van der Waals surface area contributed by atoms with Crippen LogP contribution in [0.2, 0.25) is 0 Å². The number of methoxy groups -OCH3 is 1. The lowest BCUT2D eigenvalue weighted by atomic mass is 10.1. The minimum atomic E-state index is -0.846. The second-order valence-corrected chi connectivity index (χ2v) is 3.37. The number of hydrogen-bond acceptors (Lipinski definition) is 5. The number of hydrogen-bond donors (Lipinski definition) is 1. The van der Waals surface area contributed by atoms with E-state index in [9.17, 15) is 4.79 Å². The molecule has 1 aromatic carbocycles. The molecule has 0 unspecified atom stereocenters. The van der Waals surface area contributed by atoms with E-state index >= 15 is 0 Å². The first-order valence-corrected chi connectivity index (χ1v) is 4.96. The highest BCUT2D eigenvalue weighted by molar-refractivity contribution is 5.85. The molecule has 1 heterocycles. The topological polar surface area (TPSA) is 70.8 Å². The number of carbonyl (C=O) groups excluding carboxylic acids is 1. The number of benzene rings is 1. The first-order chi connectivity index (χ1) is 7.74. The van der Waals surface area contributed by atoms with Gasteiger partial charge in [-0.05, 0) is 6.07 Å². The van der Waals surface area contributed by atoms with E-state index in [0.717, 1.165) is 0 Å². The lowest BCUT2D eigenvalue weighted by Gasteiger charge is -2.22. The molecule has 0 bridgehead atoms. The van der Waals surface area contributed by atoms with Crippen molar-refractivity contribution in [2.75, 3.05) is 20.3 Å². The van der Waals surface area contributed by atoms with E-state index in [1.165, 1.54) is 7.11 Å². The van der Waals surface area contributed by atoms with Gasteiger partial charge in [0, 0.05) is 5.56 Å². The van der Waals surface area contributed by atoms with Crippen LogP contribution in [0.1, 0.15) is 11.6 Å². The van der Waals surface area contributed by atoms with Crippen molar-refractivity contribution in [3.63, 3.8) is 0 Å². The SMILES string of the molecule is COC(=O)[C@@H](N)c1cccc2c1OCCO2.Cl. The second kappa shape index (κ2) is 5.75. The van der Waals surface area contributed by atoms with Gasteiger partial charge >= 0.3 is 5.97 Å². The molecule has 5 nitrogen and oxygen atoms in total. The molecule has 94 valence electrons. The average Bonchev–Trinajstić information content (AvgIpc) is 2.36. The van der Waals surface area contributed by atoms with Crippen molar-refractivity contribution in [3.05, 3.63) is 23.8 Å². The number of para-hydroxylation sites is 1. The van der Waals surface area contributed by atoms with Crippen LogP contribution in [0, 0.1) is 0 Å². The summed E-state index contributed by atoms with van der Waals surface area (Å²) in [6.07, 6.45) is 0. The van der Waals surface area contributed by atoms with Crippen molar-refractivity contribution in [1.82, 2.24) is 0 Å². The highest BCUT2D eigenvalue weighted by Gasteiger charge is 2.24. The molecular formula is C11H14ClNO4. The maximum atomic E-state index is 11.4. The van der Waals surface area contributed by atoms with Crippen LogP contribution in [0.5, 0.6) is 11.5 Å². The highest BCUT2D eigenvalue weighted by atomic mass is 35.5. The lowest BCUT2D eigenvalue weighted by Crippen LogP contribution is -2.25. The van der Waals surface area contributed by atoms with E-state index in [-0.39, 0.29) is 12.4 Å². The van der Waals surface area contributed by atoms with E-state index in [0.29, 0.717) is 30.3 Å². The minimum absolute atomic E-state index is 0. The smallest absolute Gasteiger partial charge is 0.327 e. The predicted molar refractivity (Wildman–Crippen MR) is 63.6 cm³/mol. The molecule has 0 radical (unpaired) electrons. The number of ether oxygens (including phenoxy) is 3. The monoisotopic (exact) mass is 259 g/mol. The van der Waals surface area contributed by atoms with E-state index in [2.05, 4.69) is 4.74 Å². The zero-order valence-electron chi connectivity index (χ0n) is 9.34. The van der Waals surface area contributed by atoms with Crippen LogP contribution < -0.4 is 15.2 Å². The molecule has 1 aliphatic rings. The third kappa shape index (κ3) is 2.62. The van der Waals surface area contributed by atoms with Gasteiger partial charge in [-0.3, -0.25) is 4.79 Å². The Balaban J connectivity index is 0.00000144. The first kappa shape index (κ1) is 13.6. The molecule has 0 spiro atoms. The molecule has 1 atom stereocenters. The molecule has 0 saturated heterocycles. The van der Waals surface area contributed by atoms with Gasteiger partial charge in [0.25, 0.3) is 0 Å². The van der Waals surface area contributed by atoms with Crippen LogP contribution in [0.15, 0.2) is 18.2 Å². The summed E-state index contributed by atoms with van der Waals surface area (Å²) < 4.78 is 15.4.